The number of esters is 4. The lowest BCUT2D eigenvalue weighted by Gasteiger charge is -2.71. The highest BCUT2D eigenvalue weighted by atomic mass is 35.5. The van der Waals surface area contributed by atoms with Gasteiger partial charge in [0.2, 0.25) is 20.4 Å². The molecule has 0 aromatic carbocycles. The quantitative estimate of drug-likeness (QED) is 0.0879. The van der Waals surface area contributed by atoms with Gasteiger partial charge in [-0.15, -0.1) is 0 Å². The van der Waals surface area contributed by atoms with Crippen molar-refractivity contribution < 1.29 is 42.9 Å². The average Bonchev–Trinajstić information content (AvgIpc) is 3.12. The first-order valence-electron chi connectivity index (χ1n) is 20.3. The fourth-order valence-corrected chi connectivity index (χ4v) is 12.8. The Kier molecular flexibility index (Phi) is 14.2. The molecule has 0 aromatic rings. The maximum atomic E-state index is 15.3. The molecule has 8 atom stereocenters. The van der Waals surface area contributed by atoms with E-state index >= 15 is 4.79 Å². The monoisotopic (exact) mass is 931 g/mol. The van der Waals surface area contributed by atoms with Crippen molar-refractivity contribution in [3.8, 4) is 0 Å². The Morgan fingerprint density at radius 1 is 0.724 bits per heavy atom. The lowest BCUT2D eigenvalue weighted by atomic mass is 9.33. The van der Waals surface area contributed by atoms with Gasteiger partial charge in [0.25, 0.3) is 0 Å². The number of nitrogens with one attached hydrogen (secondary N) is 1. The summed E-state index contributed by atoms with van der Waals surface area (Å²) in [5, 5.41) is 3.05. The molecule has 0 unspecified atom stereocenters. The van der Waals surface area contributed by atoms with Gasteiger partial charge in [0.1, 0.15) is 31.5 Å². The average molecular weight is 935 g/mol. The molecule has 0 radical (unpaired) electrons. The Hall–Kier alpha value is -1.17. The highest BCUT2D eigenvalue weighted by Crippen LogP contribution is 2.76. The molecule has 0 heterocycles. The highest BCUT2D eigenvalue weighted by molar-refractivity contribution is 6.53. The molecule has 328 valence electrons. The molecule has 0 aromatic heterocycles. The van der Waals surface area contributed by atoms with Crippen molar-refractivity contribution in [2.75, 3.05) is 19.8 Å². The van der Waals surface area contributed by atoms with Crippen LogP contribution in [0.5, 0.6) is 0 Å². The summed E-state index contributed by atoms with van der Waals surface area (Å²) in [6, 6.07) is 0. The Bertz CT molecular complexity index is 1610. The maximum Gasteiger partial charge on any atom is 0.339 e. The fraction of sp³-hybridized carbons (Fsp3) is 0.833. The Balaban J connectivity index is 1.55. The molecule has 0 saturated heterocycles. The van der Waals surface area contributed by atoms with Crippen molar-refractivity contribution in [1.29, 1.82) is 0 Å². The Labute approximate surface area is 373 Å². The number of carbonyl (C=O) groups excluding carboxylic acids is 5. The van der Waals surface area contributed by atoms with Gasteiger partial charge < -0.3 is 24.3 Å². The van der Waals surface area contributed by atoms with Crippen molar-refractivity contribution in [3.63, 3.8) is 0 Å². The van der Waals surface area contributed by atoms with Crippen LogP contribution in [0.15, 0.2) is 11.6 Å². The first-order chi connectivity index (χ1) is 26.7. The van der Waals surface area contributed by atoms with E-state index in [1.165, 1.54) is 12.5 Å². The van der Waals surface area contributed by atoms with Crippen LogP contribution in [0.2, 0.25) is 0 Å². The van der Waals surface area contributed by atoms with Crippen molar-refractivity contribution >= 4 is 99.4 Å². The number of rotatable bonds is 12. The summed E-state index contributed by atoms with van der Waals surface area (Å²) in [5.74, 6) is -3.11. The maximum absolute atomic E-state index is 15.3. The predicted octanol–water partition coefficient (Wildman–Crippen LogP) is 9.62. The number of halogens is 6. The summed E-state index contributed by atoms with van der Waals surface area (Å²) < 4.78 is 22.2. The second-order valence-electron chi connectivity index (χ2n) is 19.8. The third-order valence-corrected chi connectivity index (χ3v) is 16.8. The summed E-state index contributed by atoms with van der Waals surface area (Å²) in [4.78, 5) is 60.5. The van der Waals surface area contributed by atoms with E-state index in [1.54, 1.807) is 0 Å². The molecule has 58 heavy (non-hydrogen) atoms. The Morgan fingerprint density at radius 3 is 1.74 bits per heavy atom. The first-order valence-corrected chi connectivity index (χ1v) is 22.9. The van der Waals surface area contributed by atoms with E-state index in [4.69, 9.17) is 88.6 Å². The van der Waals surface area contributed by atoms with E-state index in [-0.39, 0.29) is 51.0 Å². The molecule has 4 saturated carbocycles. The van der Waals surface area contributed by atoms with Crippen LogP contribution in [0.25, 0.3) is 0 Å². The van der Waals surface area contributed by atoms with Crippen LogP contribution in [0.3, 0.4) is 0 Å². The van der Waals surface area contributed by atoms with E-state index in [2.05, 4.69) is 59.9 Å². The van der Waals surface area contributed by atoms with Gasteiger partial charge >= 0.3 is 23.9 Å². The van der Waals surface area contributed by atoms with Gasteiger partial charge in [-0.2, -0.15) is 0 Å². The van der Waals surface area contributed by atoms with Crippen LogP contribution >= 0.6 is 69.6 Å². The van der Waals surface area contributed by atoms with Crippen molar-refractivity contribution in [1.82, 2.24) is 5.32 Å². The van der Waals surface area contributed by atoms with Gasteiger partial charge in [-0.05, 0) is 104 Å². The second kappa shape index (κ2) is 17.2. The minimum absolute atomic E-state index is 0.0169. The van der Waals surface area contributed by atoms with Gasteiger partial charge in [0.15, 0.2) is 0 Å². The number of hydrogen-bond donors (Lipinski definition) is 1. The van der Waals surface area contributed by atoms with Gasteiger partial charge in [0, 0.05) is 12.3 Å². The fourth-order valence-electron chi connectivity index (χ4n) is 12.5. The molecule has 4 fully saturated rings. The van der Waals surface area contributed by atoms with E-state index in [0.717, 1.165) is 51.4 Å². The van der Waals surface area contributed by atoms with E-state index in [1.807, 2.05) is 0 Å². The summed E-state index contributed by atoms with van der Waals surface area (Å²) in [6.07, 6.45) is 10.4. The van der Waals surface area contributed by atoms with Crippen LogP contribution < -0.4 is 5.32 Å². The second-order valence-corrected chi connectivity index (χ2v) is 23.1. The molecule has 5 aliphatic rings. The predicted molar refractivity (Wildman–Crippen MR) is 225 cm³/mol. The molecular weight excluding hydrogens is 875 g/mol. The van der Waals surface area contributed by atoms with Gasteiger partial charge in [-0.25, -0.2) is 14.4 Å². The molecular formula is C42H59Cl6NO9. The molecule has 5 aliphatic carbocycles. The minimum atomic E-state index is -1.85. The molecule has 1 N–H and O–H groups in total. The molecule has 0 bridgehead atoms. The first kappa shape index (κ1) is 47.9. The van der Waals surface area contributed by atoms with E-state index < -0.39 is 63.2 Å². The van der Waals surface area contributed by atoms with Gasteiger partial charge in [-0.3, -0.25) is 9.59 Å². The summed E-state index contributed by atoms with van der Waals surface area (Å²) in [6.45, 7) is 15.9. The standard InChI is InChI=1S/C42H59Cl6NO9/c1-23(50)58-28-12-13-38(6)26(37(28,4)5)11-14-40(8)27(38)10-9-24-25-19-36(2,3)15-17-42(25,18-16-39(24,40)7)35(54)49-41(20-55-32(51)29(43)44,21-56-33(52)30(45)46)22-57-34(53)31(47)48/h9,25-31H,10-22H2,1-8H3,(H,49,54)/t25-,26-,27+,28-,38-,39+,40+,42-/m0/s1. The van der Waals surface area contributed by atoms with Crippen molar-refractivity contribution in [2.24, 2.45) is 50.2 Å². The zero-order valence-corrected chi connectivity index (χ0v) is 39.3. The zero-order valence-electron chi connectivity index (χ0n) is 34.8. The third-order valence-electron chi connectivity index (χ3n) is 15.7. The Morgan fingerprint density at radius 2 is 1.24 bits per heavy atom. The van der Waals surface area contributed by atoms with Crippen LogP contribution in [0.1, 0.15) is 120 Å². The lowest BCUT2D eigenvalue weighted by Crippen LogP contribution is -2.67. The van der Waals surface area contributed by atoms with Gasteiger partial charge in [0.05, 0.1) is 5.41 Å². The van der Waals surface area contributed by atoms with Crippen molar-refractivity contribution in [2.45, 2.75) is 146 Å². The zero-order chi connectivity index (χ0) is 43.4. The number of alkyl halides is 6. The molecule has 0 aliphatic heterocycles. The number of carbonyl (C=O) groups is 5. The molecule has 5 rings (SSSR count). The number of hydrogen-bond acceptors (Lipinski definition) is 9. The minimum Gasteiger partial charge on any atom is -0.462 e. The molecule has 0 spiro atoms. The number of amides is 1. The summed E-state index contributed by atoms with van der Waals surface area (Å²) >= 11 is 34.8. The number of ether oxygens (including phenoxy) is 4. The molecule has 16 heteroatoms. The largest absolute Gasteiger partial charge is 0.462 e. The van der Waals surface area contributed by atoms with Crippen LogP contribution in [0, 0.1) is 50.2 Å². The van der Waals surface area contributed by atoms with Crippen molar-refractivity contribution in [3.05, 3.63) is 11.6 Å². The molecule has 1 amide bonds. The SMILES string of the molecule is CC(=O)O[C@H]1CC[C@]2(C)[C@H]3CC=C4[C@@H]5CC(C)(C)CC[C@]5(C(=O)NC(COC(=O)C(Cl)Cl)(COC(=O)C(Cl)Cl)COC(=O)C(Cl)Cl)CC[C@@]4(C)[C@]3(C)CC[C@H]2C1(C)C. The third kappa shape index (κ3) is 8.74. The van der Waals surface area contributed by atoms with E-state index in [9.17, 15) is 19.2 Å². The molecule has 10 nitrogen and oxygen atoms in total. The lowest BCUT2D eigenvalue weighted by molar-refractivity contribution is -0.212. The number of allylic oxidation sites excluding steroid dienone is 2. The number of fused-ring (bicyclic) bond motifs is 7. The normalized spacial score (nSPS) is 35.0. The topological polar surface area (TPSA) is 134 Å². The van der Waals surface area contributed by atoms with Crippen LogP contribution in [-0.2, 0) is 42.9 Å². The van der Waals surface area contributed by atoms with Crippen LogP contribution in [-0.4, -0.2) is 75.8 Å². The summed E-state index contributed by atoms with van der Waals surface area (Å²) in [5.41, 5.74) is -1.99. The van der Waals surface area contributed by atoms with E-state index in [0.29, 0.717) is 24.7 Å². The van der Waals surface area contributed by atoms with Crippen LogP contribution in [0.4, 0.5) is 0 Å². The van der Waals surface area contributed by atoms with Gasteiger partial charge in [-0.1, -0.05) is 130 Å². The highest BCUT2D eigenvalue weighted by Gasteiger charge is 2.69. The smallest absolute Gasteiger partial charge is 0.339 e. The summed E-state index contributed by atoms with van der Waals surface area (Å²) in [7, 11) is 0.